The largest absolute Gasteiger partial charge is 0.486 e. The zero-order valence-corrected chi connectivity index (χ0v) is 16.3. The van der Waals surface area contributed by atoms with Gasteiger partial charge in [-0.05, 0) is 44.5 Å². The van der Waals surface area contributed by atoms with E-state index in [4.69, 9.17) is 21.1 Å². The van der Waals surface area contributed by atoms with Crippen molar-refractivity contribution in [3.63, 3.8) is 0 Å². The highest BCUT2D eigenvalue weighted by molar-refractivity contribution is 6.32. The normalized spacial score (nSPS) is 16.0. The lowest BCUT2D eigenvalue weighted by Crippen LogP contribution is -2.38. The van der Waals surface area contributed by atoms with E-state index in [1.54, 1.807) is 0 Å². The average Bonchev–Trinajstić information content (AvgIpc) is 2.95. The Kier molecular flexibility index (Phi) is 5.10. The summed E-state index contributed by atoms with van der Waals surface area (Å²) in [4.78, 5) is 11.8. The summed E-state index contributed by atoms with van der Waals surface area (Å²) in [5, 5.41) is 3.34. The number of aryl methyl sites for hydroxylation is 1. The number of nitrogens with one attached hydrogen (secondary N) is 1. The molecule has 0 fully saturated rings. The van der Waals surface area contributed by atoms with Crippen LogP contribution in [-0.4, -0.2) is 24.3 Å². The number of ether oxygens (including phenoxy) is 2. The number of benzene rings is 1. The molecule has 0 radical (unpaired) electrons. The molecule has 6 heteroatoms. The Morgan fingerprint density at radius 2 is 2.15 bits per heavy atom. The van der Waals surface area contributed by atoms with Crippen molar-refractivity contribution in [2.75, 3.05) is 6.54 Å². The van der Waals surface area contributed by atoms with Crippen LogP contribution in [-0.2, 0) is 18.2 Å². The van der Waals surface area contributed by atoms with Gasteiger partial charge in [0, 0.05) is 23.6 Å². The number of pyridine rings is 1. The molecular weight excluding hydrogens is 352 g/mol. The van der Waals surface area contributed by atoms with Gasteiger partial charge in [-0.25, -0.2) is 9.36 Å². The molecule has 0 aliphatic carbocycles. The highest BCUT2D eigenvalue weighted by atomic mass is 35.5. The van der Waals surface area contributed by atoms with Crippen molar-refractivity contribution in [3.05, 3.63) is 47.2 Å². The second kappa shape index (κ2) is 7.16. The lowest BCUT2D eigenvalue weighted by Gasteiger charge is -2.20. The summed E-state index contributed by atoms with van der Waals surface area (Å²) in [6.45, 7) is 5.87. The maximum atomic E-state index is 11.8. The fraction of sp³-hybridized carbons (Fsp3) is 0.400. The first-order valence-electron chi connectivity index (χ1n) is 8.63. The van der Waals surface area contributed by atoms with Crippen LogP contribution in [0.5, 0.6) is 5.75 Å². The molecule has 26 heavy (non-hydrogen) atoms. The molecule has 1 amide bonds. The predicted molar refractivity (Wildman–Crippen MR) is 100 cm³/mol. The third-order valence-electron chi connectivity index (χ3n) is 4.00. The molecule has 0 bridgehead atoms. The van der Waals surface area contributed by atoms with E-state index in [0.29, 0.717) is 23.7 Å². The summed E-state index contributed by atoms with van der Waals surface area (Å²) in [5.41, 5.74) is 2.67. The molecule has 0 spiro atoms. The highest BCUT2D eigenvalue weighted by Crippen LogP contribution is 2.39. The molecule has 1 aromatic heterocycles. The van der Waals surface area contributed by atoms with Gasteiger partial charge in [-0.2, -0.15) is 0 Å². The van der Waals surface area contributed by atoms with Gasteiger partial charge in [0.1, 0.15) is 24.5 Å². The van der Waals surface area contributed by atoms with Gasteiger partial charge >= 0.3 is 6.09 Å². The molecule has 2 heterocycles. The third kappa shape index (κ3) is 4.47. The van der Waals surface area contributed by atoms with Crippen molar-refractivity contribution >= 4 is 17.7 Å². The number of rotatable bonds is 3. The van der Waals surface area contributed by atoms with Crippen molar-refractivity contribution in [3.8, 4) is 16.9 Å². The second-order valence-corrected chi connectivity index (χ2v) is 7.94. The molecule has 1 atom stereocenters. The smallest absolute Gasteiger partial charge is 0.407 e. The quantitative estimate of drug-likeness (QED) is 0.833. The SMILES string of the molecule is C[n+]1cccc(-c2cc(Cl)c3c(c2)CC(CNC(=O)OC(C)(C)C)O3)c1. The molecular formula is C20H24ClN2O3+. The van der Waals surface area contributed by atoms with Crippen LogP contribution >= 0.6 is 11.6 Å². The second-order valence-electron chi connectivity index (χ2n) is 7.53. The predicted octanol–water partition coefficient (Wildman–Crippen LogP) is 3.66. The van der Waals surface area contributed by atoms with E-state index in [2.05, 4.69) is 23.6 Å². The van der Waals surface area contributed by atoms with Crippen LogP contribution < -0.4 is 14.6 Å². The Balaban J connectivity index is 1.69. The van der Waals surface area contributed by atoms with Crippen LogP contribution in [0.3, 0.4) is 0 Å². The van der Waals surface area contributed by atoms with Crippen LogP contribution in [0.2, 0.25) is 5.02 Å². The molecule has 2 aromatic rings. The van der Waals surface area contributed by atoms with Gasteiger partial charge < -0.3 is 14.8 Å². The standard InChI is InChI=1S/C20H23ClN2O3/c1-20(2,3)26-19(24)22-11-16-9-15-8-14(10-17(21)18(15)25-16)13-6-5-7-23(4)12-13/h5-8,10,12,16H,9,11H2,1-4H3/p+1. The lowest BCUT2D eigenvalue weighted by molar-refractivity contribution is -0.671. The molecule has 0 saturated heterocycles. The number of hydrogen-bond acceptors (Lipinski definition) is 3. The molecule has 1 aliphatic rings. The zero-order valence-electron chi connectivity index (χ0n) is 15.5. The number of alkyl carbamates (subject to hydrolysis) is 1. The maximum Gasteiger partial charge on any atom is 0.407 e. The number of nitrogens with zero attached hydrogens (tertiary/aromatic N) is 1. The number of hydrogen-bond donors (Lipinski definition) is 1. The summed E-state index contributed by atoms with van der Waals surface area (Å²) in [6, 6.07) is 8.07. The molecule has 1 N–H and O–H groups in total. The minimum Gasteiger partial charge on any atom is -0.486 e. The molecule has 138 valence electrons. The molecule has 1 aliphatic heterocycles. The van der Waals surface area contributed by atoms with Gasteiger partial charge in [0.15, 0.2) is 12.4 Å². The summed E-state index contributed by atoms with van der Waals surface area (Å²) in [5.74, 6) is 0.701. The third-order valence-corrected chi connectivity index (χ3v) is 4.28. The Morgan fingerprint density at radius 3 is 2.85 bits per heavy atom. The Morgan fingerprint density at radius 1 is 1.38 bits per heavy atom. The number of carbonyl (C=O) groups excluding carboxylic acids is 1. The lowest BCUT2D eigenvalue weighted by atomic mass is 10.0. The van der Waals surface area contributed by atoms with Crippen molar-refractivity contribution < 1.29 is 18.8 Å². The Bertz CT molecular complexity index is 830. The van der Waals surface area contributed by atoms with Gasteiger partial charge in [0.05, 0.1) is 11.6 Å². The Labute approximate surface area is 158 Å². The number of fused-ring (bicyclic) bond motifs is 1. The van der Waals surface area contributed by atoms with Gasteiger partial charge in [-0.1, -0.05) is 11.6 Å². The van der Waals surface area contributed by atoms with Crippen molar-refractivity contribution in [2.45, 2.75) is 38.9 Å². The van der Waals surface area contributed by atoms with Crippen molar-refractivity contribution in [2.24, 2.45) is 7.05 Å². The topological polar surface area (TPSA) is 51.4 Å². The minimum absolute atomic E-state index is 0.155. The molecule has 1 aromatic carbocycles. The zero-order chi connectivity index (χ0) is 18.9. The first-order valence-corrected chi connectivity index (χ1v) is 9.01. The van der Waals surface area contributed by atoms with Gasteiger partial charge in [-0.15, -0.1) is 0 Å². The van der Waals surface area contributed by atoms with Crippen LogP contribution in [0.1, 0.15) is 26.3 Å². The van der Waals surface area contributed by atoms with Crippen molar-refractivity contribution in [1.82, 2.24) is 5.32 Å². The average molecular weight is 376 g/mol. The number of amides is 1. The summed E-state index contributed by atoms with van der Waals surface area (Å²) in [6.07, 6.45) is 4.13. The van der Waals surface area contributed by atoms with Crippen molar-refractivity contribution in [1.29, 1.82) is 0 Å². The van der Waals surface area contributed by atoms with Crippen LogP contribution in [0.4, 0.5) is 4.79 Å². The van der Waals surface area contributed by atoms with E-state index in [0.717, 1.165) is 16.7 Å². The van der Waals surface area contributed by atoms with E-state index in [9.17, 15) is 4.79 Å². The Hall–Kier alpha value is -2.27. The molecule has 3 rings (SSSR count). The maximum absolute atomic E-state index is 11.8. The van der Waals surface area contributed by atoms with E-state index >= 15 is 0 Å². The highest BCUT2D eigenvalue weighted by Gasteiger charge is 2.27. The number of halogens is 1. The van der Waals surface area contributed by atoms with E-state index < -0.39 is 11.7 Å². The summed E-state index contributed by atoms with van der Waals surface area (Å²) >= 11 is 6.44. The molecule has 5 nitrogen and oxygen atoms in total. The first kappa shape index (κ1) is 18.5. The minimum atomic E-state index is -0.520. The van der Waals surface area contributed by atoms with E-state index in [1.807, 2.05) is 50.7 Å². The van der Waals surface area contributed by atoms with E-state index in [1.165, 1.54) is 0 Å². The number of carbonyl (C=O) groups is 1. The van der Waals surface area contributed by atoms with Gasteiger partial charge in [0.25, 0.3) is 0 Å². The van der Waals surface area contributed by atoms with Gasteiger partial charge in [0.2, 0.25) is 0 Å². The molecule has 0 saturated carbocycles. The molecule has 1 unspecified atom stereocenters. The summed E-state index contributed by atoms with van der Waals surface area (Å²) in [7, 11) is 1.99. The fourth-order valence-corrected chi connectivity index (χ4v) is 3.22. The van der Waals surface area contributed by atoms with Gasteiger partial charge in [-0.3, -0.25) is 0 Å². The first-order chi connectivity index (χ1) is 12.2. The van der Waals surface area contributed by atoms with Crippen LogP contribution in [0, 0.1) is 0 Å². The van der Waals surface area contributed by atoms with Crippen LogP contribution in [0.25, 0.3) is 11.1 Å². The number of aromatic nitrogens is 1. The summed E-state index contributed by atoms with van der Waals surface area (Å²) < 4.78 is 13.2. The monoisotopic (exact) mass is 375 g/mol. The van der Waals surface area contributed by atoms with E-state index in [-0.39, 0.29) is 6.10 Å². The fourth-order valence-electron chi connectivity index (χ4n) is 2.94. The van der Waals surface area contributed by atoms with Crippen LogP contribution in [0.15, 0.2) is 36.7 Å².